The van der Waals surface area contributed by atoms with E-state index < -0.39 is 6.04 Å². The number of Topliss-reactive ketones (excluding diaryl/α,β-unsaturated/α-hetero) is 1. The molecule has 5 heteroatoms. The van der Waals surface area contributed by atoms with Gasteiger partial charge in [-0.2, -0.15) is 0 Å². The minimum absolute atomic E-state index is 0.0885. The highest BCUT2D eigenvalue weighted by Gasteiger charge is 2.34. The number of aromatic nitrogens is 1. The molecule has 0 radical (unpaired) electrons. The molecule has 1 aliphatic rings. The Labute approximate surface area is 260 Å². The molecule has 0 aliphatic heterocycles. The van der Waals surface area contributed by atoms with Crippen molar-refractivity contribution in [2.75, 3.05) is 12.0 Å². The lowest BCUT2D eigenvalue weighted by Gasteiger charge is -2.33. The normalized spacial score (nSPS) is 14.3. The first-order valence-corrected chi connectivity index (χ1v) is 15.7. The maximum atomic E-state index is 14.6. The smallest absolute Gasteiger partial charge is 0.232 e. The highest BCUT2D eigenvalue weighted by Crippen LogP contribution is 2.35. The van der Waals surface area contributed by atoms with Gasteiger partial charge in [-0.1, -0.05) is 111 Å². The van der Waals surface area contributed by atoms with Crippen LogP contribution in [0.5, 0.6) is 5.75 Å². The number of anilines is 1. The molecule has 44 heavy (non-hydrogen) atoms. The van der Waals surface area contributed by atoms with Crippen LogP contribution in [0.2, 0.25) is 0 Å². The predicted octanol–water partition coefficient (Wildman–Crippen LogP) is 8.55. The molecule has 5 nitrogen and oxygen atoms in total. The second-order valence-corrected chi connectivity index (χ2v) is 11.9. The van der Waals surface area contributed by atoms with E-state index in [1.54, 1.807) is 12.0 Å². The number of carbonyl (C=O) groups excluding carboxylic acids is 2. The number of para-hydroxylation sites is 2. The SMILES string of the molecule is COc1ccc(Cn2cc(CC(=O)N(c3ccccc3)C(C(=O)CC3CCCCC3)c3ccccc3)c3ccccc32)cc1. The van der Waals surface area contributed by atoms with Crippen LogP contribution in [0.25, 0.3) is 10.9 Å². The number of fused-ring (bicyclic) bond motifs is 1. The van der Waals surface area contributed by atoms with E-state index >= 15 is 0 Å². The Balaban J connectivity index is 1.35. The van der Waals surface area contributed by atoms with Crippen LogP contribution in [0.1, 0.15) is 61.3 Å². The van der Waals surface area contributed by atoms with Crippen molar-refractivity contribution < 1.29 is 14.3 Å². The number of carbonyl (C=O) groups is 2. The highest BCUT2D eigenvalue weighted by molar-refractivity contribution is 6.04. The van der Waals surface area contributed by atoms with Gasteiger partial charge < -0.3 is 9.30 Å². The topological polar surface area (TPSA) is 51.5 Å². The molecule has 224 valence electrons. The Morgan fingerprint density at radius 2 is 1.48 bits per heavy atom. The fourth-order valence-corrected chi connectivity index (χ4v) is 6.70. The number of rotatable bonds is 11. The molecular weight excluding hydrogens is 544 g/mol. The van der Waals surface area contributed by atoms with Crippen LogP contribution >= 0.6 is 0 Å². The molecule has 1 unspecified atom stereocenters. The molecule has 0 N–H and O–H groups in total. The van der Waals surface area contributed by atoms with E-state index in [-0.39, 0.29) is 18.1 Å². The average Bonchev–Trinajstić information content (AvgIpc) is 3.41. The summed E-state index contributed by atoms with van der Waals surface area (Å²) in [6.45, 7) is 0.674. The molecule has 0 bridgehead atoms. The number of hydrogen-bond donors (Lipinski definition) is 0. The maximum Gasteiger partial charge on any atom is 0.232 e. The zero-order valence-corrected chi connectivity index (χ0v) is 25.4. The number of nitrogens with zero attached hydrogens (tertiary/aromatic N) is 2. The maximum absolute atomic E-state index is 14.6. The van der Waals surface area contributed by atoms with Crippen molar-refractivity contribution in [1.29, 1.82) is 0 Å². The summed E-state index contributed by atoms with van der Waals surface area (Å²) in [5.41, 5.74) is 4.77. The van der Waals surface area contributed by atoms with Gasteiger partial charge in [-0.25, -0.2) is 0 Å². The molecule has 1 fully saturated rings. The zero-order valence-electron chi connectivity index (χ0n) is 25.4. The van der Waals surface area contributed by atoms with Crippen LogP contribution < -0.4 is 9.64 Å². The second kappa shape index (κ2) is 13.8. The van der Waals surface area contributed by atoms with Gasteiger partial charge in [-0.3, -0.25) is 14.5 Å². The fourth-order valence-electron chi connectivity index (χ4n) is 6.70. The Bertz CT molecular complexity index is 1690. The van der Waals surface area contributed by atoms with Crippen LogP contribution in [0, 0.1) is 5.92 Å². The first kappa shape index (κ1) is 29.4. The summed E-state index contributed by atoms with van der Waals surface area (Å²) in [6, 6.07) is 35.1. The highest BCUT2D eigenvalue weighted by atomic mass is 16.5. The third-order valence-electron chi connectivity index (χ3n) is 8.92. The van der Waals surface area contributed by atoms with Gasteiger partial charge in [0.2, 0.25) is 5.91 Å². The van der Waals surface area contributed by atoms with Crippen molar-refractivity contribution in [3.8, 4) is 5.75 Å². The number of amides is 1. The quantitative estimate of drug-likeness (QED) is 0.156. The van der Waals surface area contributed by atoms with Crippen LogP contribution in [0.4, 0.5) is 5.69 Å². The monoisotopic (exact) mass is 584 g/mol. The van der Waals surface area contributed by atoms with Crippen molar-refractivity contribution in [3.05, 3.63) is 132 Å². The number of ketones is 1. The Hall–Kier alpha value is -4.64. The van der Waals surface area contributed by atoms with E-state index in [1.807, 2.05) is 84.9 Å². The lowest BCUT2D eigenvalue weighted by atomic mass is 9.83. The summed E-state index contributed by atoms with van der Waals surface area (Å²) in [5, 5.41) is 1.05. The standard InChI is InChI=1S/C39H40N2O3/c1-44-34-23-21-30(22-24-34)27-40-28-32(35-19-11-12-20-36(35)40)26-38(43)41(33-17-9-4-10-18-33)39(31-15-7-3-8-16-31)37(42)25-29-13-5-2-6-14-29/h3-4,7-12,15-24,28-29,39H,2,5-6,13-14,25-27H2,1H3. The van der Waals surface area contributed by atoms with E-state index in [4.69, 9.17) is 4.74 Å². The molecule has 1 saturated carbocycles. The Morgan fingerprint density at radius 3 is 2.18 bits per heavy atom. The first-order chi connectivity index (χ1) is 21.6. The molecular formula is C39H40N2O3. The summed E-state index contributed by atoms with van der Waals surface area (Å²) in [5.74, 6) is 1.23. The van der Waals surface area contributed by atoms with Gasteiger partial charge >= 0.3 is 0 Å². The third kappa shape index (κ3) is 6.62. The summed E-state index contributed by atoms with van der Waals surface area (Å²) in [6.07, 6.45) is 8.54. The molecule has 1 amide bonds. The van der Waals surface area contributed by atoms with E-state index in [2.05, 4.69) is 35.0 Å². The lowest BCUT2D eigenvalue weighted by molar-refractivity contribution is -0.125. The minimum Gasteiger partial charge on any atom is -0.497 e. The molecule has 1 heterocycles. The van der Waals surface area contributed by atoms with Crippen LogP contribution in [0.3, 0.4) is 0 Å². The van der Waals surface area contributed by atoms with Gasteiger partial charge in [0.1, 0.15) is 11.8 Å². The Morgan fingerprint density at radius 1 is 0.818 bits per heavy atom. The molecule has 1 atom stereocenters. The minimum atomic E-state index is -0.680. The van der Waals surface area contributed by atoms with Crippen molar-refractivity contribution in [1.82, 2.24) is 4.57 Å². The van der Waals surface area contributed by atoms with E-state index in [9.17, 15) is 9.59 Å². The zero-order chi connectivity index (χ0) is 30.3. The summed E-state index contributed by atoms with van der Waals surface area (Å²) in [7, 11) is 1.67. The molecule has 4 aromatic carbocycles. The van der Waals surface area contributed by atoms with Gasteiger partial charge in [0.05, 0.1) is 13.5 Å². The van der Waals surface area contributed by atoms with Crippen LogP contribution in [0.15, 0.2) is 115 Å². The van der Waals surface area contributed by atoms with Gasteiger partial charge in [0.25, 0.3) is 0 Å². The van der Waals surface area contributed by atoms with Crippen molar-refractivity contribution in [3.63, 3.8) is 0 Å². The van der Waals surface area contributed by atoms with E-state index in [0.29, 0.717) is 18.9 Å². The summed E-state index contributed by atoms with van der Waals surface area (Å²) < 4.78 is 7.54. The molecule has 0 spiro atoms. The van der Waals surface area contributed by atoms with Crippen molar-refractivity contribution in [2.45, 2.75) is 57.5 Å². The lowest BCUT2D eigenvalue weighted by Crippen LogP contribution is -2.40. The Kier molecular flexibility index (Phi) is 9.21. The predicted molar refractivity (Wildman–Crippen MR) is 177 cm³/mol. The van der Waals surface area contributed by atoms with Gasteiger partial charge in [-0.15, -0.1) is 0 Å². The summed E-state index contributed by atoms with van der Waals surface area (Å²) >= 11 is 0. The third-order valence-corrected chi connectivity index (χ3v) is 8.92. The van der Waals surface area contributed by atoms with Crippen molar-refractivity contribution >= 4 is 28.3 Å². The van der Waals surface area contributed by atoms with E-state index in [0.717, 1.165) is 51.9 Å². The fraction of sp³-hybridized carbons (Fsp3) is 0.282. The molecule has 6 rings (SSSR count). The second-order valence-electron chi connectivity index (χ2n) is 11.9. The van der Waals surface area contributed by atoms with E-state index in [1.165, 1.54) is 19.3 Å². The number of benzene rings is 4. The summed E-state index contributed by atoms with van der Waals surface area (Å²) in [4.78, 5) is 30.6. The largest absolute Gasteiger partial charge is 0.497 e. The average molecular weight is 585 g/mol. The van der Waals surface area contributed by atoms with Gasteiger partial charge in [-0.05, 0) is 52.9 Å². The molecule has 1 aromatic heterocycles. The van der Waals surface area contributed by atoms with Crippen LogP contribution in [-0.4, -0.2) is 23.4 Å². The van der Waals surface area contributed by atoms with Gasteiger partial charge in [0, 0.05) is 35.8 Å². The molecule has 0 saturated heterocycles. The first-order valence-electron chi connectivity index (χ1n) is 15.7. The van der Waals surface area contributed by atoms with Gasteiger partial charge in [0.15, 0.2) is 5.78 Å². The number of ether oxygens (including phenoxy) is 1. The number of methoxy groups -OCH3 is 1. The van der Waals surface area contributed by atoms with Crippen molar-refractivity contribution in [2.24, 2.45) is 5.92 Å². The molecule has 1 aliphatic carbocycles. The molecule has 5 aromatic rings. The van der Waals surface area contributed by atoms with Crippen LogP contribution in [-0.2, 0) is 22.6 Å². The number of hydrogen-bond acceptors (Lipinski definition) is 3.